The highest BCUT2D eigenvalue weighted by Crippen LogP contribution is 2.25. The first-order valence-electron chi connectivity index (χ1n) is 8.26. The van der Waals surface area contributed by atoms with Crippen LogP contribution in [0.4, 0.5) is 5.69 Å². The van der Waals surface area contributed by atoms with Crippen molar-refractivity contribution in [3.05, 3.63) is 53.9 Å². The van der Waals surface area contributed by atoms with E-state index in [1.165, 1.54) is 0 Å². The van der Waals surface area contributed by atoms with Gasteiger partial charge in [0.2, 0.25) is 0 Å². The molecule has 0 aliphatic carbocycles. The maximum Gasteiger partial charge on any atom is 0.265 e. The van der Waals surface area contributed by atoms with E-state index < -0.39 is 6.10 Å². The fourth-order valence-electron chi connectivity index (χ4n) is 2.28. The summed E-state index contributed by atoms with van der Waals surface area (Å²) in [5.41, 5.74) is 1.46. The molecule has 0 radical (unpaired) electrons. The predicted octanol–water partition coefficient (Wildman–Crippen LogP) is 3.71. The third-order valence-electron chi connectivity index (χ3n) is 3.71. The summed E-state index contributed by atoms with van der Waals surface area (Å²) < 4.78 is 9.00. The van der Waals surface area contributed by atoms with Gasteiger partial charge in [0, 0.05) is 12.2 Å². The number of hydrogen-bond donors (Lipinski definition) is 1. The Morgan fingerprint density at radius 2 is 1.92 bits per heavy atom. The smallest absolute Gasteiger partial charge is 0.265 e. The van der Waals surface area contributed by atoms with Crippen LogP contribution in [0.2, 0.25) is 5.02 Å². The van der Waals surface area contributed by atoms with Gasteiger partial charge in [-0.15, -0.1) is 5.10 Å². The van der Waals surface area contributed by atoms with Crippen molar-refractivity contribution in [2.24, 2.45) is 0 Å². The first-order chi connectivity index (χ1) is 12.4. The number of benzene rings is 1. The van der Waals surface area contributed by atoms with E-state index in [0.29, 0.717) is 10.7 Å². The van der Waals surface area contributed by atoms with E-state index in [2.05, 4.69) is 15.5 Å². The van der Waals surface area contributed by atoms with Gasteiger partial charge in [0.15, 0.2) is 6.10 Å². The molecule has 0 saturated heterocycles. The number of anilines is 1. The summed E-state index contributed by atoms with van der Waals surface area (Å²) >= 11 is 6.19. The molecular weight excluding hydrogens is 354 g/mol. The Hall–Kier alpha value is -2.80. The van der Waals surface area contributed by atoms with Crippen molar-refractivity contribution in [3.8, 4) is 11.6 Å². The van der Waals surface area contributed by atoms with E-state index in [1.807, 2.05) is 44.2 Å². The van der Waals surface area contributed by atoms with Gasteiger partial charge in [0.05, 0.1) is 23.8 Å². The summed E-state index contributed by atoms with van der Waals surface area (Å²) in [6.45, 7) is 5.66. The summed E-state index contributed by atoms with van der Waals surface area (Å²) in [6, 6.07) is 9.73. The number of amides is 1. The topological polar surface area (TPSA) is 74.0 Å². The van der Waals surface area contributed by atoms with E-state index >= 15 is 0 Å². The Labute approximate surface area is 156 Å². The molecule has 2 aromatic heterocycles. The van der Waals surface area contributed by atoms with E-state index in [-0.39, 0.29) is 17.8 Å². The molecule has 8 heteroatoms. The number of halogens is 1. The highest BCUT2D eigenvalue weighted by atomic mass is 35.5. The zero-order valence-electron chi connectivity index (χ0n) is 14.8. The molecule has 0 fully saturated rings. The summed E-state index contributed by atoms with van der Waals surface area (Å²) in [5, 5.41) is 11.6. The normalized spacial score (nSPS) is 12.2. The van der Waals surface area contributed by atoms with Crippen LogP contribution < -0.4 is 10.1 Å². The van der Waals surface area contributed by atoms with Gasteiger partial charge in [0.25, 0.3) is 11.8 Å². The van der Waals surface area contributed by atoms with Crippen molar-refractivity contribution < 1.29 is 9.53 Å². The number of para-hydroxylation sites is 1. The SMILES string of the molecule is CC(Oc1nn(-c2ccccc2)cc1Cl)C(=O)Nc1cnn(C(C)C)c1. The third kappa shape index (κ3) is 4.05. The number of nitrogens with one attached hydrogen (secondary N) is 1. The standard InChI is InChI=1S/C18H20ClN5O2/c1-12(2)23-10-14(9-20-23)21-17(25)13(3)26-18-16(19)11-24(22-18)15-7-5-4-6-8-15/h4-13H,1-3H3,(H,21,25). The fourth-order valence-corrected chi connectivity index (χ4v) is 2.45. The van der Waals surface area contributed by atoms with Crippen molar-refractivity contribution in [3.63, 3.8) is 0 Å². The average Bonchev–Trinajstić information content (AvgIpc) is 3.23. The first kappa shape index (κ1) is 18.0. The molecule has 1 aromatic carbocycles. The lowest BCUT2D eigenvalue weighted by Gasteiger charge is -2.12. The molecule has 3 rings (SSSR count). The number of hydrogen-bond acceptors (Lipinski definition) is 4. The number of aromatic nitrogens is 4. The Morgan fingerprint density at radius 3 is 2.58 bits per heavy atom. The molecular formula is C18H20ClN5O2. The van der Waals surface area contributed by atoms with E-state index in [9.17, 15) is 4.79 Å². The lowest BCUT2D eigenvalue weighted by molar-refractivity contribution is -0.122. The van der Waals surface area contributed by atoms with Crippen LogP contribution in [0.1, 0.15) is 26.8 Å². The number of ether oxygens (including phenoxy) is 1. The van der Waals surface area contributed by atoms with Crippen LogP contribution in [-0.4, -0.2) is 31.6 Å². The number of carbonyl (C=O) groups is 1. The molecule has 0 bridgehead atoms. The highest BCUT2D eigenvalue weighted by molar-refractivity contribution is 6.31. The van der Waals surface area contributed by atoms with Crippen molar-refractivity contribution in [2.45, 2.75) is 32.9 Å². The van der Waals surface area contributed by atoms with Crippen molar-refractivity contribution >= 4 is 23.2 Å². The molecule has 0 spiro atoms. The van der Waals surface area contributed by atoms with Crippen LogP contribution in [0.3, 0.4) is 0 Å². The molecule has 1 N–H and O–H groups in total. The molecule has 0 aliphatic heterocycles. The quantitative estimate of drug-likeness (QED) is 0.714. The molecule has 3 aromatic rings. The molecule has 1 unspecified atom stereocenters. The van der Waals surface area contributed by atoms with Crippen molar-refractivity contribution in [2.75, 3.05) is 5.32 Å². The van der Waals surface area contributed by atoms with Gasteiger partial charge in [-0.3, -0.25) is 9.48 Å². The lowest BCUT2D eigenvalue weighted by Crippen LogP contribution is -2.30. The van der Waals surface area contributed by atoms with Crippen LogP contribution in [0.15, 0.2) is 48.9 Å². The molecule has 26 heavy (non-hydrogen) atoms. The second-order valence-corrected chi connectivity index (χ2v) is 6.52. The van der Waals surface area contributed by atoms with Gasteiger partial charge < -0.3 is 10.1 Å². The molecule has 136 valence electrons. The average molecular weight is 374 g/mol. The summed E-state index contributed by atoms with van der Waals surface area (Å²) in [7, 11) is 0. The second kappa shape index (κ2) is 7.61. The molecule has 1 amide bonds. The van der Waals surface area contributed by atoms with E-state index in [1.54, 1.807) is 34.9 Å². The monoisotopic (exact) mass is 373 g/mol. The van der Waals surface area contributed by atoms with Crippen LogP contribution in [0.25, 0.3) is 5.69 Å². The number of carbonyl (C=O) groups excluding carboxylic acids is 1. The van der Waals surface area contributed by atoms with E-state index in [0.717, 1.165) is 5.69 Å². The van der Waals surface area contributed by atoms with Crippen molar-refractivity contribution in [1.29, 1.82) is 0 Å². The van der Waals surface area contributed by atoms with Gasteiger partial charge in [-0.25, -0.2) is 4.68 Å². The Bertz CT molecular complexity index is 888. The first-order valence-corrected chi connectivity index (χ1v) is 8.64. The van der Waals surface area contributed by atoms with Gasteiger partial charge >= 0.3 is 0 Å². The molecule has 1 atom stereocenters. The van der Waals surface area contributed by atoms with Crippen LogP contribution >= 0.6 is 11.6 Å². The largest absolute Gasteiger partial charge is 0.462 e. The zero-order chi connectivity index (χ0) is 18.7. The maximum atomic E-state index is 12.3. The van der Waals surface area contributed by atoms with Crippen LogP contribution in [-0.2, 0) is 4.79 Å². The summed E-state index contributed by atoms with van der Waals surface area (Å²) in [4.78, 5) is 12.3. The predicted molar refractivity (Wildman–Crippen MR) is 99.9 cm³/mol. The highest BCUT2D eigenvalue weighted by Gasteiger charge is 2.19. The molecule has 7 nitrogen and oxygen atoms in total. The minimum absolute atomic E-state index is 0.205. The lowest BCUT2D eigenvalue weighted by atomic mass is 10.3. The Balaban J connectivity index is 1.66. The Morgan fingerprint density at radius 1 is 1.19 bits per heavy atom. The van der Waals surface area contributed by atoms with Crippen LogP contribution in [0.5, 0.6) is 5.88 Å². The zero-order valence-corrected chi connectivity index (χ0v) is 15.5. The van der Waals surface area contributed by atoms with Gasteiger partial charge in [-0.2, -0.15) is 5.10 Å². The van der Waals surface area contributed by atoms with Gasteiger partial charge in [-0.05, 0) is 32.9 Å². The van der Waals surface area contributed by atoms with Gasteiger partial charge in [0.1, 0.15) is 5.02 Å². The third-order valence-corrected chi connectivity index (χ3v) is 3.97. The second-order valence-electron chi connectivity index (χ2n) is 6.11. The number of nitrogens with zero attached hydrogens (tertiary/aromatic N) is 4. The molecule has 0 saturated carbocycles. The number of rotatable bonds is 6. The molecule has 0 aliphatic rings. The minimum Gasteiger partial charge on any atom is -0.462 e. The minimum atomic E-state index is -0.769. The Kier molecular flexibility index (Phi) is 5.27. The molecule has 2 heterocycles. The summed E-state index contributed by atoms with van der Waals surface area (Å²) in [6.07, 6.45) is 4.24. The van der Waals surface area contributed by atoms with Crippen molar-refractivity contribution in [1.82, 2.24) is 19.6 Å². The maximum absolute atomic E-state index is 12.3. The van der Waals surface area contributed by atoms with Crippen LogP contribution in [0, 0.1) is 0 Å². The van der Waals surface area contributed by atoms with E-state index in [4.69, 9.17) is 16.3 Å². The van der Waals surface area contributed by atoms with Gasteiger partial charge in [-0.1, -0.05) is 29.8 Å². The fraction of sp³-hybridized carbons (Fsp3) is 0.278. The summed E-state index contributed by atoms with van der Waals surface area (Å²) in [5.74, 6) is -0.102.